The molecule has 0 spiro atoms. The average Bonchev–Trinajstić information content (AvgIpc) is 3.47. The van der Waals surface area contributed by atoms with Gasteiger partial charge in [0.2, 0.25) is 11.8 Å². The van der Waals surface area contributed by atoms with Crippen LogP contribution in [0.4, 0.5) is 0 Å². The van der Waals surface area contributed by atoms with Crippen molar-refractivity contribution in [2.24, 2.45) is 5.92 Å². The predicted molar refractivity (Wildman–Crippen MR) is 121 cm³/mol. The summed E-state index contributed by atoms with van der Waals surface area (Å²) in [6.45, 7) is 6.45. The molecule has 2 amide bonds. The number of rotatable bonds is 12. The molecule has 2 aromatic rings. The van der Waals surface area contributed by atoms with Crippen LogP contribution in [0.1, 0.15) is 38.0 Å². The molecule has 3 rings (SSSR count). The third-order valence-corrected chi connectivity index (χ3v) is 5.33. The summed E-state index contributed by atoms with van der Waals surface area (Å²) in [6.07, 6.45) is 3.56. The number of ether oxygens (including phenoxy) is 2. The van der Waals surface area contributed by atoms with Crippen molar-refractivity contribution in [2.45, 2.75) is 45.9 Å². The van der Waals surface area contributed by atoms with E-state index in [0.29, 0.717) is 32.0 Å². The van der Waals surface area contributed by atoms with E-state index in [4.69, 9.17) is 13.9 Å². The first-order valence-electron chi connectivity index (χ1n) is 11.3. The molecule has 1 aliphatic rings. The normalized spacial score (nSPS) is 15.8. The van der Waals surface area contributed by atoms with Crippen LogP contribution in [0.25, 0.3) is 0 Å². The average molecular weight is 443 g/mol. The third-order valence-electron chi connectivity index (χ3n) is 5.33. The first kappa shape index (κ1) is 24.0. The van der Waals surface area contributed by atoms with Crippen molar-refractivity contribution >= 4 is 11.8 Å². The molecule has 174 valence electrons. The molecule has 2 heterocycles. The molecule has 0 unspecified atom stereocenters. The van der Waals surface area contributed by atoms with Crippen LogP contribution in [0.15, 0.2) is 53.1 Å². The van der Waals surface area contributed by atoms with Crippen LogP contribution in [0.2, 0.25) is 0 Å². The van der Waals surface area contributed by atoms with E-state index in [1.807, 2.05) is 56.3 Å². The fourth-order valence-corrected chi connectivity index (χ4v) is 3.76. The number of furan rings is 1. The fraction of sp³-hybridized carbons (Fsp3) is 0.520. The van der Waals surface area contributed by atoms with Gasteiger partial charge in [0, 0.05) is 19.7 Å². The molecular weight excluding hydrogens is 408 g/mol. The van der Waals surface area contributed by atoms with Gasteiger partial charge in [-0.05, 0) is 36.5 Å². The highest BCUT2D eigenvalue weighted by atomic mass is 16.5. The summed E-state index contributed by atoms with van der Waals surface area (Å²) >= 11 is 0. The summed E-state index contributed by atoms with van der Waals surface area (Å²) in [6, 6.07) is 13.4. The predicted octanol–water partition coefficient (Wildman–Crippen LogP) is 3.49. The van der Waals surface area contributed by atoms with E-state index in [9.17, 15) is 9.59 Å². The Labute approximate surface area is 190 Å². The van der Waals surface area contributed by atoms with Gasteiger partial charge in [0.05, 0.1) is 32.1 Å². The van der Waals surface area contributed by atoms with Gasteiger partial charge in [0.15, 0.2) is 0 Å². The molecule has 7 heteroatoms. The zero-order valence-corrected chi connectivity index (χ0v) is 19.1. The van der Waals surface area contributed by atoms with Crippen LogP contribution in [0, 0.1) is 5.92 Å². The number of carbonyl (C=O) groups is 2. The Balaban J connectivity index is 1.59. The third kappa shape index (κ3) is 7.80. The highest BCUT2D eigenvalue weighted by molar-refractivity contribution is 5.85. The van der Waals surface area contributed by atoms with E-state index >= 15 is 0 Å². The van der Waals surface area contributed by atoms with Crippen molar-refractivity contribution in [1.29, 1.82) is 0 Å². The lowest BCUT2D eigenvalue weighted by Crippen LogP contribution is -2.46. The summed E-state index contributed by atoms with van der Waals surface area (Å²) < 4.78 is 16.8. The molecule has 0 radical (unpaired) electrons. The fourth-order valence-electron chi connectivity index (χ4n) is 3.76. The van der Waals surface area contributed by atoms with Gasteiger partial charge in [0.25, 0.3) is 0 Å². The smallest absolute Gasteiger partial charge is 0.249 e. The van der Waals surface area contributed by atoms with Crippen molar-refractivity contribution in [3.8, 4) is 0 Å². The van der Waals surface area contributed by atoms with Gasteiger partial charge in [-0.2, -0.15) is 0 Å². The quantitative estimate of drug-likeness (QED) is 0.503. The van der Waals surface area contributed by atoms with Crippen LogP contribution >= 0.6 is 0 Å². The molecule has 0 aliphatic carbocycles. The molecule has 1 aromatic carbocycles. The molecule has 1 atom stereocenters. The van der Waals surface area contributed by atoms with Crippen LogP contribution in [-0.2, 0) is 32.2 Å². The summed E-state index contributed by atoms with van der Waals surface area (Å²) in [5.41, 5.74) is 1.01. The summed E-state index contributed by atoms with van der Waals surface area (Å²) in [5, 5.41) is 0. The minimum atomic E-state index is -0.182. The number of hydrogen-bond donors (Lipinski definition) is 0. The molecule has 0 N–H and O–H groups in total. The summed E-state index contributed by atoms with van der Waals surface area (Å²) in [5.74, 6) is 0.647. The number of nitrogens with zero attached hydrogens (tertiary/aromatic N) is 2. The van der Waals surface area contributed by atoms with Gasteiger partial charge in [-0.25, -0.2) is 0 Å². The van der Waals surface area contributed by atoms with Gasteiger partial charge >= 0.3 is 0 Å². The molecule has 1 saturated heterocycles. The Morgan fingerprint density at radius 2 is 1.91 bits per heavy atom. The Morgan fingerprint density at radius 1 is 1.09 bits per heavy atom. The van der Waals surface area contributed by atoms with Crippen LogP contribution in [0.3, 0.4) is 0 Å². The Kier molecular flexibility index (Phi) is 9.31. The van der Waals surface area contributed by atoms with Gasteiger partial charge in [-0.1, -0.05) is 44.2 Å². The Hall–Kier alpha value is -2.64. The van der Waals surface area contributed by atoms with Crippen LogP contribution in [0.5, 0.6) is 0 Å². The molecule has 7 nitrogen and oxygen atoms in total. The second-order valence-electron chi connectivity index (χ2n) is 8.64. The summed E-state index contributed by atoms with van der Waals surface area (Å²) in [4.78, 5) is 29.5. The first-order valence-corrected chi connectivity index (χ1v) is 11.3. The number of hydrogen-bond acceptors (Lipinski definition) is 5. The molecule has 32 heavy (non-hydrogen) atoms. The number of carbonyl (C=O) groups excluding carboxylic acids is 2. The second-order valence-corrected chi connectivity index (χ2v) is 8.64. The highest BCUT2D eigenvalue weighted by Gasteiger charge is 2.26. The second kappa shape index (κ2) is 12.4. The minimum absolute atomic E-state index is 0.0130. The molecule has 0 saturated carbocycles. The molecular formula is C25H34N2O5. The van der Waals surface area contributed by atoms with E-state index in [2.05, 4.69) is 0 Å². The number of benzene rings is 1. The molecule has 1 aromatic heterocycles. The van der Waals surface area contributed by atoms with Crippen molar-refractivity contribution < 1.29 is 23.5 Å². The van der Waals surface area contributed by atoms with E-state index in [-0.39, 0.29) is 37.0 Å². The van der Waals surface area contributed by atoms with Gasteiger partial charge in [-0.15, -0.1) is 0 Å². The van der Waals surface area contributed by atoms with E-state index in [1.54, 1.807) is 16.1 Å². The monoisotopic (exact) mass is 442 g/mol. The lowest BCUT2D eigenvalue weighted by atomic mass is 10.2. The maximum atomic E-state index is 13.2. The zero-order valence-electron chi connectivity index (χ0n) is 19.1. The van der Waals surface area contributed by atoms with Crippen LogP contribution < -0.4 is 0 Å². The van der Waals surface area contributed by atoms with E-state index in [0.717, 1.165) is 25.0 Å². The Morgan fingerprint density at radius 3 is 2.56 bits per heavy atom. The molecule has 1 aliphatic heterocycles. The standard InChI is InChI=1S/C25H34N2O5/c1-20(2)14-26(25(29)19-30-18-21-8-4-3-5-9-21)17-24(28)27(15-22-10-6-12-31-22)16-23-11-7-13-32-23/h3-6,8-10,12,20,23H,7,11,13-19H2,1-2H3/t23-/m0/s1. The van der Waals surface area contributed by atoms with Crippen molar-refractivity contribution in [1.82, 2.24) is 9.80 Å². The SMILES string of the molecule is CC(C)CN(CC(=O)N(Cc1ccco1)C[C@@H]1CCCO1)C(=O)COCc1ccccc1. The van der Waals surface area contributed by atoms with Gasteiger partial charge in [-0.3, -0.25) is 9.59 Å². The molecule has 1 fully saturated rings. The van der Waals surface area contributed by atoms with Crippen LogP contribution in [-0.4, -0.2) is 60.6 Å². The maximum Gasteiger partial charge on any atom is 0.249 e. The lowest BCUT2D eigenvalue weighted by molar-refractivity contribution is -0.145. The number of amides is 2. The van der Waals surface area contributed by atoms with Crippen molar-refractivity contribution in [2.75, 3.05) is 32.8 Å². The van der Waals surface area contributed by atoms with E-state index in [1.165, 1.54) is 0 Å². The largest absolute Gasteiger partial charge is 0.467 e. The van der Waals surface area contributed by atoms with Gasteiger partial charge < -0.3 is 23.7 Å². The lowest BCUT2D eigenvalue weighted by Gasteiger charge is -2.29. The minimum Gasteiger partial charge on any atom is -0.467 e. The van der Waals surface area contributed by atoms with E-state index < -0.39 is 0 Å². The first-order chi connectivity index (χ1) is 15.5. The van der Waals surface area contributed by atoms with Gasteiger partial charge in [0.1, 0.15) is 12.4 Å². The highest BCUT2D eigenvalue weighted by Crippen LogP contribution is 2.16. The van der Waals surface area contributed by atoms with Crippen molar-refractivity contribution in [3.05, 3.63) is 60.1 Å². The van der Waals surface area contributed by atoms with Crippen molar-refractivity contribution in [3.63, 3.8) is 0 Å². The summed E-state index contributed by atoms with van der Waals surface area (Å²) in [7, 11) is 0. The zero-order chi connectivity index (χ0) is 22.8. The topological polar surface area (TPSA) is 72.2 Å². The maximum absolute atomic E-state index is 13.2. The Bertz CT molecular complexity index is 816. The molecule has 0 bridgehead atoms.